The van der Waals surface area contributed by atoms with Crippen molar-refractivity contribution >= 4 is 44.0 Å². The van der Waals surface area contributed by atoms with Gasteiger partial charge < -0.3 is 10.1 Å². The van der Waals surface area contributed by atoms with Crippen LogP contribution in [-0.2, 0) is 0 Å². The lowest BCUT2D eigenvalue weighted by Gasteiger charge is -2.02. The second-order valence-corrected chi connectivity index (χ2v) is 7.32. The number of nitrogens with zero attached hydrogens (tertiary/aromatic N) is 4. The third kappa shape index (κ3) is 2.73. The van der Waals surface area contributed by atoms with Crippen molar-refractivity contribution in [1.29, 1.82) is 0 Å². The predicted octanol–water partition coefficient (Wildman–Crippen LogP) is 6.27. The SMILES string of the molecule is Cc1ccc(-c2csc3ncnc(N=Nc4c(O)[nH]c5ccccc45)c23)cc1. The van der Waals surface area contributed by atoms with Crippen LogP contribution < -0.4 is 0 Å². The van der Waals surface area contributed by atoms with E-state index in [1.165, 1.54) is 11.9 Å². The molecule has 0 unspecified atom stereocenters. The Bertz CT molecular complexity index is 1330. The van der Waals surface area contributed by atoms with E-state index in [0.29, 0.717) is 11.5 Å². The summed E-state index contributed by atoms with van der Waals surface area (Å²) in [4.78, 5) is 12.5. The summed E-state index contributed by atoms with van der Waals surface area (Å²) in [6.45, 7) is 2.06. The van der Waals surface area contributed by atoms with E-state index in [-0.39, 0.29) is 5.88 Å². The van der Waals surface area contributed by atoms with E-state index < -0.39 is 0 Å². The molecule has 0 saturated heterocycles. The Morgan fingerprint density at radius 3 is 2.68 bits per heavy atom. The van der Waals surface area contributed by atoms with Gasteiger partial charge >= 0.3 is 0 Å². The summed E-state index contributed by atoms with van der Waals surface area (Å²) in [7, 11) is 0. The topological polar surface area (TPSA) is 86.5 Å². The summed E-state index contributed by atoms with van der Waals surface area (Å²) in [6.07, 6.45) is 1.49. The van der Waals surface area contributed by atoms with Crippen molar-refractivity contribution in [3.63, 3.8) is 0 Å². The van der Waals surface area contributed by atoms with Gasteiger partial charge in [0.1, 0.15) is 11.2 Å². The molecule has 0 fully saturated rings. The molecule has 3 heterocycles. The van der Waals surface area contributed by atoms with E-state index in [2.05, 4.69) is 61.7 Å². The maximum Gasteiger partial charge on any atom is 0.218 e. The highest BCUT2D eigenvalue weighted by atomic mass is 32.1. The van der Waals surface area contributed by atoms with Gasteiger partial charge in [0.2, 0.25) is 5.88 Å². The number of aromatic amines is 1. The Hall–Kier alpha value is -3.58. The number of nitrogens with one attached hydrogen (secondary N) is 1. The van der Waals surface area contributed by atoms with E-state index >= 15 is 0 Å². The van der Waals surface area contributed by atoms with Crippen LogP contribution in [0.3, 0.4) is 0 Å². The number of aromatic nitrogens is 3. The minimum atomic E-state index is -0.0145. The zero-order valence-electron chi connectivity index (χ0n) is 14.9. The third-order valence-corrected chi connectivity index (χ3v) is 5.50. The number of rotatable bonds is 3. The van der Waals surface area contributed by atoms with Crippen LogP contribution in [0.1, 0.15) is 5.56 Å². The Balaban J connectivity index is 1.65. The summed E-state index contributed by atoms with van der Waals surface area (Å²) in [5.41, 5.74) is 4.51. The number of fused-ring (bicyclic) bond motifs is 2. The number of para-hydroxylation sites is 1. The highest BCUT2D eigenvalue weighted by molar-refractivity contribution is 7.17. The molecule has 5 aromatic rings. The molecule has 0 saturated carbocycles. The van der Waals surface area contributed by atoms with Crippen molar-refractivity contribution in [2.45, 2.75) is 6.92 Å². The number of aryl methyl sites for hydroxylation is 1. The standard InChI is InChI=1S/C21H15N5OS/c1-12-6-8-13(9-7-12)15-10-28-21-17(15)19(22-11-23-21)26-25-18-14-4-2-3-5-16(14)24-20(18)27/h2-11,24,27H,1H3. The Morgan fingerprint density at radius 2 is 1.82 bits per heavy atom. The number of azo groups is 1. The molecular weight excluding hydrogens is 370 g/mol. The maximum absolute atomic E-state index is 10.2. The van der Waals surface area contributed by atoms with Crippen LogP contribution in [0.25, 0.3) is 32.2 Å². The van der Waals surface area contributed by atoms with Crippen molar-refractivity contribution in [3.05, 3.63) is 65.8 Å². The molecule has 2 aromatic carbocycles. The Labute approximate surface area is 164 Å². The molecule has 28 heavy (non-hydrogen) atoms. The molecule has 6 nitrogen and oxygen atoms in total. The second kappa shape index (κ2) is 6.54. The van der Waals surface area contributed by atoms with Gasteiger partial charge in [-0.15, -0.1) is 21.6 Å². The summed E-state index contributed by atoms with van der Waals surface area (Å²) in [5, 5.41) is 22.6. The first-order valence-electron chi connectivity index (χ1n) is 8.71. The first-order chi connectivity index (χ1) is 13.7. The van der Waals surface area contributed by atoms with E-state index in [1.807, 2.05) is 24.3 Å². The quantitative estimate of drug-likeness (QED) is 0.359. The number of thiophene rings is 1. The van der Waals surface area contributed by atoms with Gasteiger partial charge in [0.15, 0.2) is 11.5 Å². The molecule has 0 atom stereocenters. The lowest BCUT2D eigenvalue weighted by Crippen LogP contribution is -1.82. The molecule has 0 aliphatic rings. The van der Waals surface area contributed by atoms with E-state index in [4.69, 9.17) is 0 Å². The average molecular weight is 385 g/mol. The fourth-order valence-corrected chi connectivity index (χ4v) is 4.10. The minimum Gasteiger partial charge on any atom is -0.493 e. The molecule has 0 radical (unpaired) electrons. The summed E-state index contributed by atoms with van der Waals surface area (Å²) in [6, 6.07) is 15.9. The van der Waals surface area contributed by atoms with Crippen molar-refractivity contribution in [2.75, 3.05) is 0 Å². The Kier molecular flexibility index (Phi) is 3.87. The van der Waals surface area contributed by atoms with Gasteiger partial charge in [0.05, 0.1) is 10.9 Å². The number of hydrogen-bond donors (Lipinski definition) is 2. The smallest absolute Gasteiger partial charge is 0.218 e. The third-order valence-electron chi connectivity index (χ3n) is 4.62. The molecule has 2 N–H and O–H groups in total. The molecule has 136 valence electrons. The average Bonchev–Trinajstić information content (AvgIpc) is 3.28. The second-order valence-electron chi connectivity index (χ2n) is 6.46. The maximum atomic E-state index is 10.2. The van der Waals surface area contributed by atoms with Crippen LogP contribution in [-0.4, -0.2) is 20.1 Å². The summed E-state index contributed by atoms with van der Waals surface area (Å²) >= 11 is 1.55. The van der Waals surface area contributed by atoms with Crippen LogP contribution in [0.15, 0.2) is 70.5 Å². The van der Waals surface area contributed by atoms with Crippen molar-refractivity contribution in [2.24, 2.45) is 10.2 Å². The van der Waals surface area contributed by atoms with Gasteiger partial charge in [-0.3, -0.25) is 0 Å². The van der Waals surface area contributed by atoms with Gasteiger partial charge in [-0.2, -0.15) is 0 Å². The number of benzene rings is 2. The van der Waals surface area contributed by atoms with E-state index in [1.54, 1.807) is 11.3 Å². The van der Waals surface area contributed by atoms with Gasteiger partial charge in [0.25, 0.3) is 0 Å². The van der Waals surface area contributed by atoms with Gasteiger partial charge in [-0.25, -0.2) is 9.97 Å². The lowest BCUT2D eigenvalue weighted by atomic mass is 10.0. The van der Waals surface area contributed by atoms with Crippen LogP contribution in [0, 0.1) is 6.92 Å². The highest BCUT2D eigenvalue weighted by Crippen LogP contribution is 2.40. The van der Waals surface area contributed by atoms with Gasteiger partial charge in [-0.05, 0) is 18.6 Å². The van der Waals surface area contributed by atoms with Crippen LogP contribution in [0.4, 0.5) is 11.5 Å². The van der Waals surface area contributed by atoms with E-state index in [0.717, 1.165) is 32.2 Å². The highest BCUT2D eigenvalue weighted by Gasteiger charge is 2.14. The fourth-order valence-electron chi connectivity index (χ4n) is 3.19. The van der Waals surface area contributed by atoms with Crippen molar-refractivity contribution in [1.82, 2.24) is 15.0 Å². The first kappa shape index (κ1) is 16.6. The zero-order valence-corrected chi connectivity index (χ0v) is 15.7. The molecular formula is C21H15N5OS. The monoisotopic (exact) mass is 385 g/mol. The van der Waals surface area contributed by atoms with Crippen molar-refractivity contribution in [3.8, 4) is 17.0 Å². The van der Waals surface area contributed by atoms with Crippen LogP contribution in [0.2, 0.25) is 0 Å². The predicted molar refractivity (Wildman–Crippen MR) is 112 cm³/mol. The Morgan fingerprint density at radius 1 is 1.00 bits per heavy atom. The number of H-pyrrole nitrogens is 1. The van der Waals surface area contributed by atoms with Crippen molar-refractivity contribution < 1.29 is 5.11 Å². The van der Waals surface area contributed by atoms with Gasteiger partial charge in [0, 0.05) is 16.3 Å². The van der Waals surface area contributed by atoms with Gasteiger partial charge in [-0.1, -0.05) is 48.0 Å². The number of aromatic hydroxyl groups is 1. The largest absolute Gasteiger partial charge is 0.493 e. The molecule has 5 rings (SSSR count). The number of hydrogen-bond acceptors (Lipinski definition) is 6. The molecule has 0 bridgehead atoms. The fraction of sp³-hybridized carbons (Fsp3) is 0.0476. The van der Waals surface area contributed by atoms with E-state index in [9.17, 15) is 5.11 Å². The molecule has 3 aromatic heterocycles. The first-order valence-corrected chi connectivity index (χ1v) is 9.59. The molecule has 0 aliphatic heterocycles. The minimum absolute atomic E-state index is 0.0145. The summed E-state index contributed by atoms with van der Waals surface area (Å²) < 4.78 is 0. The molecule has 0 spiro atoms. The lowest BCUT2D eigenvalue weighted by molar-refractivity contribution is 0.459. The molecule has 7 heteroatoms. The van der Waals surface area contributed by atoms with Crippen LogP contribution >= 0.6 is 11.3 Å². The molecule has 0 aliphatic carbocycles. The normalized spacial score (nSPS) is 11.8. The van der Waals surface area contributed by atoms with Crippen LogP contribution in [0.5, 0.6) is 5.88 Å². The molecule has 0 amide bonds. The zero-order chi connectivity index (χ0) is 19.1. The summed E-state index contributed by atoms with van der Waals surface area (Å²) in [5.74, 6) is 0.464.